The quantitative estimate of drug-likeness (QED) is 0.606. The molecule has 2 aromatic carbocycles. The summed E-state index contributed by atoms with van der Waals surface area (Å²) in [5.41, 5.74) is 4.20. The number of hydrogen-bond donors (Lipinski definition) is 2. The molecular weight excluding hydrogens is 304 g/mol. The Balaban J connectivity index is 2.00. The fourth-order valence-electron chi connectivity index (χ4n) is 2.78. The molecule has 2 N–H and O–H groups in total. The molecule has 0 spiro atoms. The van der Waals surface area contributed by atoms with E-state index in [0.29, 0.717) is 17.2 Å². The number of carbonyl (C=O) groups is 1. The van der Waals surface area contributed by atoms with Crippen molar-refractivity contribution in [3.05, 3.63) is 60.3 Å². The van der Waals surface area contributed by atoms with Crippen LogP contribution in [0.3, 0.4) is 0 Å². The number of benzene rings is 2. The van der Waals surface area contributed by atoms with E-state index in [-0.39, 0.29) is 5.56 Å². The predicted octanol–water partition coefficient (Wildman–Crippen LogP) is 3.29. The highest BCUT2D eigenvalue weighted by Crippen LogP contribution is 2.26. The predicted molar refractivity (Wildman–Crippen MR) is 92.4 cm³/mol. The van der Waals surface area contributed by atoms with Gasteiger partial charge in [-0.2, -0.15) is 0 Å². The lowest BCUT2D eigenvalue weighted by atomic mass is 10.1. The highest BCUT2D eigenvalue weighted by Gasteiger charge is 2.13. The Kier molecular flexibility index (Phi) is 3.16. The second-order valence-corrected chi connectivity index (χ2v) is 5.40. The van der Waals surface area contributed by atoms with E-state index in [0.717, 1.165) is 16.6 Å². The number of carboxylic acids is 1. The molecule has 0 amide bonds. The van der Waals surface area contributed by atoms with Gasteiger partial charge in [0, 0.05) is 18.8 Å². The molecule has 0 unspecified atom stereocenters. The smallest absolute Gasteiger partial charge is 0.335 e. The van der Waals surface area contributed by atoms with Crippen LogP contribution in [0, 0.1) is 0 Å². The molecule has 0 aliphatic heterocycles. The van der Waals surface area contributed by atoms with E-state index in [4.69, 9.17) is 0 Å². The number of rotatable bonds is 3. The maximum Gasteiger partial charge on any atom is 0.335 e. The van der Waals surface area contributed by atoms with Crippen molar-refractivity contribution in [3.63, 3.8) is 0 Å². The third-order valence-corrected chi connectivity index (χ3v) is 3.93. The molecule has 0 saturated heterocycles. The number of hydrogen-bond acceptors (Lipinski definition) is 4. The minimum Gasteiger partial charge on any atom is -0.478 e. The summed E-state index contributed by atoms with van der Waals surface area (Å²) < 4.78 is 1.97. The lowest BCUT2D eigenvalue weighted by Crippen LogP contribution is -1.98. The Labute approximate surface area is 137 Å². The molecule has 4 rings (SSSR count). The molecule has 2 aromatic heterocycles. The number of nitrogens with zero attached hydrogens (tertiary/aromatic N) is 3. The Morgan fingerprint density at radius 3 is 2.75 bits per heavy atom. The van der Waals surface area contributed by atoms with Crippen LogP contribution >= 0.6 is 0 Å². The number of aromatic carboxylic acids is 1. The lowest BCUT2D eigenvalue weighted by Gasteiger charge is -2.05. The molecule has 2 heterocycles. The van der Waals surface area contributed by atoms with Crippen LogP contribution in [-0.4, -0.2) is 32.5 Å². The number of fused-ring (bicyclic) bond motifs is 3. The molecule has 6 heteroatoms. The van der Waals surface area contributed by atoms with Crippen LogP contribution in [0.1, 0.15) is 10.4 Å². The highest BCUT2D eigenvalue weighted by atomic mass is 16.4. The van der Waals surface area contributed by atoms with E-state index in [1.165, 1.54) is 0 Å². The zero-order chi connectivity index (χ0) is 16.7. The Bertz CT molecular complexity index is 1080. The van der Waals surface area contributed by atoms with Crippen LogP contribution in [0.4, 0.5) is 5.82 Å². The van der Waals surface area contributed by atoms with Gasteiger partial charge in [-0.05, 0) is 24.3 Å². The van der Waals surface area contributed by atoms with E-state index in [1.54, 1.807) is 25.2 Å². The molecule has 0 atom stereocenters. The molecule has 4 aromatic rings. The standard InChI is InChI=1S/C18H14N4O2/c1-19-16-17-21-14(11-5-4-6-12(9-11)18(23)24)10-22(17)15-8-3-2-7-13(15)20-16/h2-10H,1H3,(H,19,20)(H,23,24). The van der Waals surface area contributed by atoms with Gasteiger partial charge < -0.3 is 10.4 Å². The molecule has 0 saturated carbocycles. The minimum absolute atomic E-state index is 0.237. The van der Waals surface area contributed by atoms with E-state index < -0.39 is 5.97 Å². The fraction of sp³-hybridized carbons (Fsp3) is 0.0556. The average Bonchev–Trinajstić information content (AvgIpc) is 3.06. The highest BCUT2D eigenvalue weighted by molar-refractivity contribution is 5.90. The Morgan fingerprint density at radius 1 is 1.12 bits per heavy atom. The van der Waals surface area contributed by atoms with Crippen molar-refractivity contribution in [2.45, 2.75) is 0 Å². The van der Waals surface area contributed by atoms with Crippen molar-refractivity contribution in [2.24, 2.45) is 0 Å². The van der Waals surface area contributed by atoms with Gasteiger partial charge in [0.25, 0.3) is 0 Å². The van der Waals surface area contributed by atoms with Crippen LogP contribution in [0.5, 0.6) is 0 Å². The average molecular weight is 318 g/mol. The normalized spacial score (nSPS) is 11.0. The summed E-state index contributed by atoms with van der Waals surface area (Å²) in [6, 6.07) is 14.6. The van der Waals surface area contributed by atoms with Crippen molar-refractivity contribution < 1.29 is 9.90 Å². The number of para-hydroxylation sites is 2. The van der Waals surface area contributed by atoms with Crippen molar-refractivity contribution in [1.82, 2.24) is 14.4 Å². The molecule has 0 bridgehead atoms. The number of nitrogens with one attached hydrogen (secondary N) is 1. The fourth-order valence-corrected chi connectivity index (χ4v) is 2.78. The molecule has 0 radical (unpaired) electrons. The molecule has 0 fully saturated rings. The van der Waals surface area contributed by atoms with Crippen LogP contribution in [0.25, 0.3) is 27.9 Å². The molecule has 0 aliphatic carbocycles. The number of aromatic nitrogens is 3. The maximum absolute atomic E-state index is 11.2. The first-order valence-electron chi connectivity index (χ1n) is 7.46. The van der Waals surface area contributed by atoms with Crippen molar-refractivity contribution in [2.75, 3.05) is 12.4 Å². The zero-order valence-electron chi connectivity index (χ0n) is 12.9. The summed E-state index contributed by atoms with van der Waals surface area (Å²) in [7, 11) is 1.80. The first-order chi connectivity index (χ1) is 11.7. The molecule has 118 valence electrons. The van der Waals surface area contributed by atoms with Gasteiger partial charge in [-0.1, -0.05) is 24.3 Å². The summed E-state index contributed by atoms with van der Waals surface area (Å²) in [5.74, 6) is -0.280. The van der Waals surface area contributed by atoms with Gasteiger partial charge in [0.05, 0.1) is 22.3 Å². The van der Waals surface area contributed by atoms with Gasteiger partial charge in [-0.25, -0.2) is 14.8 Å². The molecule has 6 nitrogen and oxygen atoms in total. The summed E-state index contributed by atoms with van der Waals surface area (Å²) in [6.45, 7) is 0. The maximum atomic E-state index is 11.2. The van der Waals surface area contributed by atoms with E-state index in [9.17, 15) is 9.90 Å². The third kappa shape index (κ3) is 2.16. The first kappa shape index (κ1) is 14.2. The van der Waals surface area contributed by atoms with Gasteiger partial charge in [0.1, 0.15) is 0 Å². The summed E-state index contributed by atoms with van der Waals surface area (Å²) in [6.07, 6.45) is 1.90. The van der Waals surface area contributed by atoms with Crippen LogP contribution < -0.4 is 5.32 Å². The Morgan fingerprint density at radius 2 is 1.96 bits per heavy atom. The van der Waals surface area contributed by atoms with Crippen molar-refractivity contribution in [1.29, 1.82) is 0 Å². The van der Waals surface area contributed by atoms with Crippen LogP contribution in [0.2, 0.25) is 0 Å². The second-order valence-electron chi connectivity index (χ2n) is 5.40. The van der Waals surface area contributed by atoms with Crippen LogP contribution in [-0.2, 0) is 0 Å². The summed E-state index contributed by atoms with van der Waals surface area (Å²) in [5, 5.41) is 12.2. The first-order valence-corrected chi connectivity index (χ1v) is 7.46. The largest absolute Gasteiger partial charge is 0.478 e. The van der Waals surface area contributed by atoms with Gasteiger partial charge in [0.2, 0.25) is 0 Å². The van der Waals surface area contributed by atoms with Crippen molar-refractivity contribution in [3.8, 4) is 11.3 Å². The summed E-state index contributed by atoms with van der Waals surface area (Å²) >= 11 is 0. The van der Waals surface area contributed by atoms with Gasteiger partial charge in [-0.3, -0.25) is 4.40 Å². The third-order valence-electron chi connectivity index (χ3n) is 3.93. The van der Waals surface area contributed by atoms with Crippen molar-refractivity contribution >= 4 is 28.5 Å². The number of anilines is 1. The minimum atomic E-state index is -0.955. The van der Waals surface area contributed by atoms with Gasteiger partial charge in [-0.15, -0.1) is 0 Å². The molecule has 24 heavy (non-hydrogen) atoms. The molecular formula is C18H14N4O2. The SMILES string of the molecule is CNc1nc2ccccc2n2cc(-c3cccc(C(=O)O)c3)nc12. The number of carboxylic acid groups (broad SMARTS) is 1. The van der Waals surface area contributed by atoms with Gasteiger partial charge in [0.15, 0.2) is 11.5 Å². The van der Waals surface area contributed by atoms with Crippen LogP contribution in [0.15, 0.2) is 54.7 Å². The Hall–Kier alpha value is -3.41. The van der Waals surface area contributed by atoms with E-state index in [2.05, 4.69) is 15.3 Å². The topological polar surface area (TPSA) is 79.5 Å². The van der Waals surface area contributed by atoms with Gasteiger partial charge >= 0.3 is 5.97 Å². The second kappa shape index (κ2) is 5.34. The van der Waals surface area contributed by atoms with E-state index in [1.807, 2.05) is 40.9 Å². The van der Waals surface area contributed by atoms with E-state index >= 15 is 0 Å². The summed E-state index contributed by atoms with van der Waals surface area (Å²) in [4.78, 5) is 20.4. The monoisotopic (exact) mass is 318 g/mol. The number of imidazole rings is 1. The zero-order valence-corrected chi connectivity index (χ0v) is 12.9. The molecule has 0 aliphatic rings. The lowest BCUT2D eigenvalue weighted by molar-refractivity contribution is 0.0697.